The average Bonchev–Trinajstić information content (AvgIpc) is 2.02. The second kappa shape index (κ2) is 3.78. The van der Waals surface area contributed by atoms with Crippen LogP contribution in [0.15, 0.2) is 4.99 Å². The molecular formula is C7H11F3N2. The molecule has 0 aromatic carbocycles. The van der Waals surface area contributed by atoms with Gasteiger partial charge in [0.25, 0.3) is 0 Å². The highest BCUT2D eigenvalue weighted by atomic mass is 19.4. The summed E-state index contributed by atoms with van der Waals surface area (Å²) in [5.74, 6) is 0.499. The Morgan fingerprint density at radius 1 is 1.33 bits per heavy atom. The number of amidine groups is 1. The molecule has 0 atom stereocenters. The third-order valence-corrected chi connectivity index (χ3v) is 1.62. The van der Waals surface area contributed by atoms with E-state index in [2.05, 4.69) is 10.3 Å². The molecule has 12 heavy (non-hydrogen) atoms. The second-order valence-electron chi connectivity index (χ2n) is 2.76. The van der Waals surface area contributed by atoms with Gasteiger partial charge in [0.1, 0.15) is 6.54 Å². The van der Waals surface area contributed by atoms with E-state index in [0.717, 1.165) is 19.4 Å². The zero-order valence-electron chi connectivity index (χ0n) is 6.62. The van der Waals surface area contributed by atoms with Crippen molar-refractivity contribution in [2.75, 3.05) is 13.1 Å². The van der Waals surface area contributed by atoms with E-state index in [4.69, 9.17) is 0 Å². The molecule has 5 heteroatoms. The molecule has 1 aliphatic rings. The molecule has 0 aliphatic carbocycles. The Morgan fingerprint density at radius 3 is 2.58 bits per heavy atom. The summed E-state index contributed by atoms with van der Waals surface area (Å²) < 4.78 is 35.0. The first-order valence-corrected chi connectivity index (χ1v) is 3.92. The number of piperidine rings is 1. The molecule has 0 saturated carbocycles. The first-order chi connectivity index (χ1) is 5.58. The molecule has 1 fully saturated rings. The van der Waals surface area contributed by atoms with Crippen LogP contribution in [-0.4, -0.2) is 25.1 Å². The van der Waals surface area contributed by atoms with E-state index in [0.29, 0.717) is 12.3 Å². The van der Waals surface area contributed by atoms with E-state index < -0.39 is 12.7 Å². The molecule has 70 valence electrons. The van der Waals surface area contributed by atoms with Crippen LogP contribution in [0, 0.1) is 0 Å². The summed E-state index contributed by atoms with van der Waals surface area (Å²) in [6, 6.07) is 0. The lowest BCUT2D eigenvalue weighted by molar-refractivity contribution is -0.118. The Balaban J connectivity index is 2.35. The van der Waals surface area contributed by atoms with Crippen molar-refractivity contribution in [1.29, 1.82) is 0 Å². The zero-order valence-corrected chi connectivity index (χ0v) is 6.62. The summed E-state index contributed by atoms with van der Waals surface area (Å²) >= 11 is 0. The zero-order chi connectivity index (χ0) is 9.03. The van der Waals surface area contributed by atoms with Crippen LogP contribution in [-0.2, 0) is 0 Å². The van der Waals surface area contributed by atoms with Gasteiger partial charge in [-0.1, -0.05) is 0 Å². The summed E-state index contributed by atoms with van der Waals surface area (Å²) in [7, 11) is 0. The van der Waals surface area contributed by atoms with E-state index in [-0.39, 0.29) is 0 Å². The normalized spacial score (nSPS) is 22.4. The lowest BCUT2D eigenvalue weighted by atomic mass is 10.1. The van der Waals surface area contributed by atoms with Gasteiger partial charge in [0.05, 0.1) is 5.84 Å². The number of halogens is 3. The fourth-order valence-corrected chi connectivity index (χ4v) is 1.06. The molecule has 0 aromatic rings. The molecule has 0 unspecified atom stereocenters. The minimum absolute atomic E-state index is 0.499. The second-order valence-corrected chi connectivity index (χ2v) is 2.76. The van der Waals surface area contributed by atoms with Crippen molar-refractivity contribution in [3.63, 3.8) is 0 Å². The number of nitrogens with zero attached hydrogens (tertiary/aromatic N) is 1. The number of hydrogen-bond acceptors (Lipinski definition) is 1. The minimum Gasteiger partial charge on any atom is -0.374 e. The highest BCUT2D eigenvalue weighted by Crippen LogP contribution is 2.15. The van der Waals surface area contributed by atoms with Crippen molar-refractivity contribution in [3.05, 3.63) is 0 Å². The van der Waals surface area contributed by atoms with Crippen LogP contribution in [0.5, 0.6) is 0 Å². The Kier molecular flexibility index (Phi) is 2.94. The number of nitrogens with one attached hydrogen (secondary N) is 1. The van der Waals surface area contributed by atoms with Crippen LogP contribution in [0.1, 0.15) is 19.3 Å². The Morgan fingerprint density at radius 2 is 2.08 bits per heavy atom. The van der Waals surface area contributed by atoms with E-state index in [1.807, 2.05) is 0 Å². The first kappa shape index (κ1) is 9.35. The molecular weight excluding hydrogens is 169 g/mol. The van der Waals surface area contributed by atoms with Crippen molar-refractivity contribution in [3.8, 4) is 0 Å². The van der Waals surface area contributed by atoms with Gasteiger partial charge in [0.2, 0.25) is 0 Å². The van der Waals surface area contributed by atoms with Crippen molar-refractivity contribution < 1.29 is 13.2 Å². The fourth-order valence-electron chi connectivity index (χ4n) is 1.06. The number of rotatable bonds is 1. The Bertz CT molecular complexity index is 166. The lowest BCUT2D eigenvalue weighted by Gasteiger charge is -2.15. The van der Waals surface area contributed by atoms with Crippen molar-refractivity contribution in [1.82, 2.24) is 5.32 Å². The van der Waals surface area contributed by atoms with Crippen molar-refractivity contribution >= 4 is 5.84 Å². The summed E-state index contributed by atoms with van der Waals surface area (Å²) in [4.78, 5) is 3.44. The smallest absolute Gasteiger partial charge is 0.374 e. The van der Waals surface area contributed by atoms with Crippen LogP contribution in [0.3, 0.4) is 0 Å². The molecule has 2 nitrogen and oxygen atoms in total. The summed E-state index contributed by atoms with van der Waals surface area (Å²) in [5.41, 5.74) is 0. The molecule has 0 aromatic heterocycles. The summed E-state index contributed by atoms with van der Waals surface area (Å²) in [6.45, 7) is -0.313. The molecule has 1 N–H and O–H groups in total. The highest BCUT2D eigenvalue weighted by Gasteiger charge is 2.26. The van der Waals surface area contributed by atoms with E-state index in [9.17, 15) is 13.2 Å². The van der Waals surface area contributed by atoms with Gasteiger partial charge in [-0.05, 0) is 12.8 Å². The van der Waals surface area contributed by atoms with Crippen molar-refractivity contribution in [2.24, 2.45) is 4.99 Å². The van der Waals surface area contributed by atoms with Crippen LogP contribution >= 0.6 is 0 Å². The van der Waals surface area contributed by atoms with Gasteiger partial charge >= 0.3 is 6.18 Å². The SMILES string of the molecule is FC(F)(F)CN=C1CCCCN1. The van der Waals surface area contributed by atoms with Gasteiger partial charge in [0.15, 0.2) is 0 Å². The monoisotopic (exact) mass is 180 g/mol. The molecule has 0 radical (unpaired) electrons. The third kappa shape index (κ3) is 3.59. The highest BCUT2D eigenvalue weighted by molar-refractivity contribution is 5.82. The standard InChI is InChI=1S/C7H11F3N2/c8-7(9,10)5-12-6-3-1-2-4-11-6/h1-5H2,(H,11,12). The predicted octanol–water partition coefficient (Wildman–Crippen LogP) is 1.72. The minimum atomic E-state index is -4.17. The number of alkyl halides is 3. The fraction of sp³-hybridized carbons (Fsp3) is 0.857. The van der Waals surface area contributed by atoms with Gasteiger partial charge < -0.3 is 5.32 Å². The average molecular weight is 180 g/mol. The molecule has 1 heterocycles. The summed E-state index contributed by atoms with van der Waals surface area (Å²) in [6.07, 6.45) is -1.57. The van der Waals surface area contributed by atoms with E-state index in [1.54, 1.807) is 0 Å². The quantitative estimate of drug-likeness (QED) is 0.652. The van der Waals surface area contributed by atoms with Gasteiger partial charge in [-0.25, -0.2) is 0 Å². The maximum atomic E-state index is 11.7. The topological polar surface area (TPSA) is 24.4 Å². The maximum Gasteiger partial charge on any atom is 0.408 e. The number of aliphatic imine (C=N–C) groups is 1. The largest absolute Gasteiger partial charge is 0.408 e. The van der Waals surface area contributed by atoms with Gasteiger partial charge in [-0.15, -0.1) is 0 Å². The third-order valence-electron chi connectivity index (χ3n) is 1.62. The van der Waals surface area contributed by atoms with Crippen LogP contribution in [0.25, 0.3) is 0 Å². The Hall–Kier alpha value is -0.740. The van der Waals surface area contributed by atoms with E-state index in [1.165, 1.54) is 0 Å². The molecule has 1 rings (SSSR count). The van der Waals surface area contributed by atoms with Gasteiger partial charge in [-0.3, -0.25) is 4.99 Å². The summed E-state index contributed by atoms with van der Waals surface area (Å²) in [5, 5.41) is 2.84. The van der Waals surface area contributed by atoms with Gasteiger partial charge in [-0.2, -0.15) is 13.2 Å². The first-order valence-electron chi connectivity index (χ1n) is 3.92. The molecule has 0 spiro atoms. The van der Waals surface area contributed by atoms with Crippen molar-refractivity contribution in [2.45, 2.75) is 25.4 Å². The molecule has 0 amide bonds. The lowest BCUT2D eigenvalue weighted by Crippen LogP contribution is -2.30. The maximum absolute atomic E-state index is 11.7. The number of hydrogen-bond donors (Lipinski definition) is 1. The predicted molar refractivity (Wildman–Crippen MR) is 40.2 cm³/mol. The Labute approximate surface area is 68.9 Å². The molecule has 1 saturated heterocycles. The van der Waals surface area contributed by atoms with Crippen LogP contribution in [0.4, 0.5) is 13.2 Å². The van der Waals surface area contributed by atoms with Crippen LogP contribution in [0.2, 0.25) is 0 Å². The van der Waals surface area contributed by atoms with E-state index >= 15 is 0 Å². The molecule has 1 aliphatic heterocycles. The van der Waals surface area contributed by atoms with Gasteiger partial charge in [0, 0.05) is 13.0 Å². The van der Waals surface area contributed by atoms with Crippen LogP contribution < -0.4 is 5.32 Å². The molecule has 0 bridgehead atoms.